The summed E-state index contributed by atoms with van der Waals surface area (Å²) in [4.78, 5) is 39.6. The minimum atomic E-state index is -1.05. The molecule has 2 amide bonds. The molecule has 2 aromatic rings. The fourth-order valence-corrected chi connectivity index (χ4v) is 4.15. The first-order valence-corrected chi connectivity index (χ1v) is 10.8. The lowest BCUT2D eigenvalue weighted by Gasteiger charge is -2.40. The number of aliphatic carboxylic acids is 1. The van der Waals surface area contributed by atoms with Gasteiger partial charge in [0.2, 0.25) is 5.91 Å². The summed E-state index contributed by atoms with van der Waals surface area (Å²) in [6, 6.07) is 14.9. The smallest absolute Gasteiger partial charge is 0.314 e. The number of amides is 2. The molecule has 2 aromatic carbocycles. The molecule has 31 heavy (non-hydrogen) atoms. The van der Waals surface area contributed by atoms with E-state index < -0.39 is 17.4 Å². The van der Waals surface area contributed by atoms with Gasteiger partial charge in [0, 0.05) is 23.7 Å². The molecule has 0 radical (unpaired) electrons. The number of carboxylic acid groups (broad SMARTS) is 1. The fraction of sp³-hybridized carbons (Fsp3) is 0.375. The summed E-state index contributed by atoms with van der Waals surface area (Å²) in [6.45, 7) is 4.37. The van der Waals surface area contributed by atoms with Crippen molar-refractivity contribution in [1.82, 2.24) is 10.2 Å². The summed E-state index contributed by atoms with van der Waals surface area (Å²) in [7, 11) is 0. The number of nitrogens with zero attached hydrogens (tertiary/aromatic N) is 1. The summed E-state index contributed by atoms with van der Waals surface area (Å²) in [6.07, 6.45) is 0.598. The third-order valence-electron chi connectivity index (χ3n) is 5.99. The summed E-state index contributed by atoms with van der Waals surface area (Å²) >= 11 is 5.96. The number of carbonyl (C=O) groups is 3. The van der Waals surface area contributed by atoms with Gasteiger partial charge >= 0.3 is 5.97 Å². The van der Waals surface area contributed by atoms with Gasteiger partial charge in [-0.25, -0.2) is 0 Å². The van der Waals surface area contributed by atoms with Gasteiger partial charge in [-0.05, 0) is 48.6 Å². The van der Waals surface area contributed by atoms with Crippen LogP contribution in [0.3, 0.4) is 0 Å². The Kier molecular flexibility index (Phi) is 7.01. The van der Waals surface area contributed by atoms with E-state index in [4.69, 9.17) is 11.6 Å². The molecule has 0 bridgehead atoms. The van der Waals surface area contributed by atoms with Crippen LogP contribution < -0.4 is 5.32 Å². The van der Waals surface area contributed by atoms with E-state index in [9.17, 15) is 19.5 Å². The van der Waals surface area contributed by atoms with Crippen LogP contribution in [0.5, 0.6) is 0 Å². The summed E-state index contributed by atoms with van der Waals surface area (Å²) in [5, 5.41) is 13.4. The number of benzene rings is 2. The van der Waals surface area contributed by atoms with Crippen molar-refractivity contribution < 1.29 is 19.5 Å². The zero-order valence-corrected chi connectivity index (χ0v) is 18.4. The second kappa shape index (κ2) is 9.52. The monoisotopic (exact) mass is 442 g/mol. The zero-order valence-electron chi connectivity index (χ0n) is 17.7. The van der Waals surface area contributed by atoms with E-state index in [-0.39, 0.29) is 17.7 Å². The number of rotatable bonds is 6. The first kappa shape index (κ1) is 22.8. The summed E-state index contributed by atoms with van der Waals surface area (Å²) < 4.78 is 0. The molecule has 3 rings (SSSR count). The molecule has 0 aromatic heterocycles. The molecular formula is C24H27ClN2O4. The van der Waals surface area contributed by atoms with E-state index in [1.165, 1.54) is 0 Å². The average Bonchev–Trinajstić information content (AvgIpc) is 2.77. The van der Waals surface area contributed by atoms with Crippen molar-refractivity contribution in [2.24, 2.45) is 5.92 Å². The van der Waals surface area contributed by atoms with Crippen molar-refractivity contribution in [3.8, 4) is 0 Å². The molecule has 0 aliphatic carbocycles. The summed E-state index contributed by atoms with van der Waals surface area (Å²) in [5.74, 6) is -1.50. The zero-order chi connectivity index (χ0) is 22.6. The lowest BCUT2D eigenvalue weighted by atomic mass is 9.72. The first-order valence-electron chi connectivity index (χ1n) is 10.4. The van der Waals surface area contributed by atoms with Crippen molar-refractivity contribution in [2.45, 2.75) is 38.1 Å². The van der Waals surface area contributed by atoms with E-state index in [0.29, 0.717) is 42.1 Å². The van der Waals surface area contributed by atoms with E-state index in [2.05, 4.69) is 5.32 Å². The molecule has 0 saturated carbocycles. The molecule has 1 atom stereocenters. The van der Waals surface area contributed by atoms with Gasteiger partial charge in [0.1, 0.15) is 6.04 Å². The van der Waals surface area contributed by atoms with Crippen LogP contribution in [0.1, 0.15) is 42.6 Å². The van der Waals surface area contributed by atoms with Crippen LogP contribution in [0.15, 0.2) is 54.6 Å². The van der Waals surface area contributed by atoms with Crippen molar-refractivity contribution in [1.29, 1.82) is 0 Å². The Morgan fingerprint density at radius 3 is 2.10 bits per heavy atom. The minimum Gasteiger partial charge on any atom is -0.481 e. The van der Waals surface area contributed by atoms with Crippen LogP contribution in [-0.2, 0) is 15.0 Å². The summed E-state index contributed by atoms with van der Waals surface area (Å²) in [5.41, 5.74) is 0.128. The van der Waals surface area contributed by atoms with Crippen molar-refractivity contribution in [2.75, 3.05) is 13.1 Å². The van der Waals surface area contributed by atoms with Gasteiger partial charge in [-0.1, -0.05) is 55.8 Å². The van der Waals surface area contributed by atoms with Crippen molar-refractivity contribution in [3.05, 3.63) is 70.7 Å². The van der Waals surface area contributed by atoms with Gasteiger partial charge in [0.15, 0.2) is 0 Å². The molecule has 1 heterocycles. The van der Waals surface area contributed by atoms with E-state index in [0.717, 1.165) is 0 Å². The van der Waals surface area contributed by atoms with Crippen LogP contribution in [-0.4, -0.2) is 46.9 Å². The second-order valence-corrected chi connectivity index (χ2v) is 8.72. The molecule has 1 aliphatic rings. The fourth-order valence-electron chi connectivity index (χ4n) is 4.03. The molecule has 1 fully saturated rings. The van der Waals surface area contributed by atoms with Gasteiger partial charge in [-0.2, -0.15) is 0 Å². The predicted molar refractivity (Wildman–Crippen MR) is 119 cm³/mol. The molecule has 7 heteroatoms. The third-order valence-corrected chi connectivity index (χ3v) is 6.24. The molecule has 2 N–H and O–H groups in total. The maximum absolute atomic E-state index is 13.2. The predicted octanol–water partition coefficient (Wildman–Crippen LogP) is 3.74. The highest BCUT2D eigenvalue weighted by atomic mass is 35.5. The Balaban J connectivity index is 1.73. The molecular weight excluding hydrogens is 416 g/mol. The number of carbonyl (C=O) groups excluding carboxylic acids is 2. The van der Waals surface area contributed by atoms with Crippen LogP contribution in [0.25, 0.3) is 0 Å². The highest BCUT2D eigenvalue weighted by Crippen LogP contribution is 2.36. The standard InChI is InChI=1S/C24H27ClN2O4/c1-16(2)20(26-21(28)17-6-4-3-5-7-17)22(29)27-14-12-24(13-15-27,23(30)31)18-8-10-19(25)11-9-18/h3-11,16,20H,12-15H2,1-2H3,(H,26,28)(H,30,31). The van der Waals surface area contributed by atoms with Gasteiger partial charge < -0.3 is 15.3 Å². The Labute approximate surface area is 187 Å². The highest BCUT2D eigenvalue weighted by molar-refractivity contribution is 6.30. The van der Waals surface area contributed by atoms with Gasteiger partial charge in [0.25, 0.3) is 5.91 Å². The minimum absolute atomic E-state index is 0.109. The van der Waals surface area contributed by atoms with Gasteiger partial charge in [0.05, 0.1) is 5.41 Å². The lowest BCUT2D eigenvalue weighted by Crippen LogP contribution is -2.55. The van der Waals surface area contributed by atoms with Crippen LogP contribution in [0.4, 0.5) is 0 Å². The van der Waals surface area contributed by atoms with Gasteiger partial charge in [-0.3, -0.25) is 14.4 Å². The Bertz CT molecular complexity index is 936. The Hall–Kier alpha value is -2.86. The lowest BCUT2D eigenvalue weighted by molar-refractivity contribution is -0.149. The highest BCUT2D eigenvalue weighted by Gasteiger charge is 2.44. The van der Waals surface area contributed by atoms with Crippen LogP contribution in [0, 0.1) is 5.92 Å². The van der Waals surface area contributed by atoms with E-state index >= 15 is 0 Å². The van der Waals surface area contributed by atoms with Crippen molar-refractivity contribution in [3.63, 3.8) is 0 Å². The maximum atomic E-state index is 13.2. The SMILES string of the molecule is CC(C)C(NC(=O)c1ccccc1)C(=O)N1CCC(C(=O)O)(c2ccc(Cl)cc2)CC1. The van der Waals surface area contributed by atoms with E-state index in [1.807, 2.05) is 19.9 Å². The van der Waals surface area contributed by atoms with E-state index in [1.54, 1.807) is 53.4 Å². The normalized spacial score (nSPS) is 16.6. The van der Waals surface area contributed by atoms with Crippen LogP contribution in [0.2, 0.25) is 5.02 Å². The second-order valence-electron chi connectivity index (χ2n) is 8.28. The average molecular weight is 443 g/mol. The van der Waals surface area contributed by atoms with Gasteiger partial charge in [-0.15, -0.1) is 0 Å². The number of nitrogens with one attached hydrogen (secondary N) is 1. The molecule has 164 valence electrons. The largest absolute Gasteiger partial charge is 0.481 e. The number of piperidine rings is 1. The number of hydrogen-bond acceptors (Lipinski definition) is 3. The Morgan fingerprint density at radius 2 is 1.58 bits per heavy atom. The quantitative estimate of drug-likeness (QED) is 0.713. The molecule has 6 nitrogen and oxygen atoms in total. The van der Waals surface area contributed by atoms with Crippen LogP contribution >= 0.6 is 11.6 Å². The molecule has 1 aliphatic heterocycles. The number of hydrogen-bond donors (Lipinski definition) is 2. The van der Waals surface area contributed by atoms with Crippen molar-refractivity contribution >= 4 is 29.4 Å². The number of likely N-dealkylation sites (tertiary alicyclic amines) is 1. The molecule has 1 saturated heterocycles. The number of carboxylic acids is 1. The third kappa shape index (κ3) is 4.90. The molecule has 1 unspecified atom stereocenters. The number of halogens is 1. The topological polar surface area (TPSA) is 86.7 Å². The maximum Gasteiger partial charge on any atom is 0.314 e. The first-order chi connectivity index (χ1) is 14.7. The Morgan fingerprint density at radius 1 is 1.00 bits per heavy atom. The molecule has 0 spiro atoms.